The number of ether oxygens (including phenoxy) is 1. The molecular formula is C22H22ClN3O4S. The zero-order chi connectivity index (χ0) is 22.3. The Kier molecular flexibility index (Phi) is 7.49. The number of nitrogens with one attached hydrogen (secondary N) is 1. The summed E-state index contributed by atoms with van der Waals surface area (Å²) in [7, 11) is -4.02. The first-order chi connectivity index (χ1) is 14.9. The van der Waals surface area contributed by atoms with E-state index in [0.29, 0.717) is 28.8 Å². The molecule has 0 unspecified atom stereocenters. The standard InChI is InChI=1S/C22H22ClN3O4S/c1-2-30-20-10-8-19(9-11-20)26(31(28,29)21-12-6-17(23)7-13-21)16-22(27)25-15-18-5-3-4-14-24-18/h3-14H,2,15-16H2,1H3,(H,25,27). The Morgan fingerprint density at radius 1 is 1.06 bits per heavy atom. The van der Waals surface area contributed by atoms with Gasteiger partial charge in [-0.3, -0.25) is 14.1 Å². The molecule has 1 heterocycles. The number of amides is 1. The van der Waals surface area contributed by atoms with Gasteiger partial charge in [-0.1, -0.05) is 17.7 Å². The van der Waals surface area contributed by atoms with E-state index in [-0.39, 0.29) is 11.4 Å². The SMILES string of the molecule is CCOc1ccc(N(CC(=O)NCc2ccccn2)S(=O)(=O)c2ccc(Cl)cc2)cc1. The van der Waals surface area contributed by atoms with Gasteiger partial charge in [0.1, 0.15) is 12.3 Å². The maximum absolute atomic E-state index is 13.3. The largest absolute Gasteiger partial charge is 0.494 e. The van der Waals surface area contributed by atoms with Crippen molar-refractivity contribution in [2.75, 3.05) is 17.5 Å². The Labute approximate surface area is 186 Å². The summed E-state index contributed by atoms with van der Waals surface area (Å²) in [5.74, 6) is 0.145. The maximum atomic E-state index is 13.3. The minimum Gasteiger partial charge on any atom is -0.494 e. The van der Waals surface area contributed by atoms with Crippen LogP contribution in [0.15, 0.2) is 77.8 Å². The number of carbonyl (C=O) groups is 1. The predicted octanol–water partition coefficient (Wildman–Crippen LogP) is 3.65. The molecule has 0 aliphatic carbocycles. The lowest BCUT2D eigenvalue weighted by molar-refractivity contribution is -0.119. The monoisotopic (exact) mass is 459 g/mol. The quantitative estimate of drug-likeness (QED) is 0.527. The molecule has 1 amide bonds. The summed E-state index contributed by atoms with van der Waals surface area (Å²) in [4.78, 5) is 16.8. The molecule has 0 bridgehead atoms. The van der Waals surface area contributed by atoms with Crippen LogP contribution >= 0.6 is 11.6 Å². The van der Waals surface area contributed by atoms with Crippen LogP contribution in [-0.2, 0) is 21.4 Å². The molecule has 0 atom stereocenters. The van der Waals surface area contributed by atoms with Crippen LogP contribution in [0.3, 0.4) is 0 Å². The van der Waals surface area contributed by atoms with Crippen LogP contribution in [0, 0.1) is 0 Å². The van der Waals surface area contributed by atoms with Gasteiger partial charge >= 0.3 is 0 Å². The Morgan fingerprint density at radius 2 is 1.77 bits per heavy atom. The fraction of sp³-hybridized carbons (Fsp3) is 0.182. The number of carbonyl (C=O) groups excluding carboxylic acids is 1. The molecule has 1 aromatic heterocycles. The minimum absolute atomic E-state index is 0.0308. The van der Waals surface area contributed by atoms with E-state index in [4.69, 9.17) is 16.3 Å². The van der Waals surface area contributed by atoms with Crippen LogP contribution in [0.4, 0.5) is 5.69 Å². The first kappa shape index (κ1) is 22.6. The van der Waals surface area contributed by atoms with Crippen molar-refractivity contribution in [3.8, 4) is 5.75 Å². The van der Waals surface area contributed by atoms with Gasteiger partial charge in [0, 0.05) is 11.2 Å². The fourth-order valence-corrected chi connectivity index (χ4v) is 4.35. The highest BCUT2D eigenvalue weighted by atomic mass is 35.5. The highest BCUT2D eigenvalue weighted by Crippen LogP contribution is 2.26. The number of hydrogen-bond donors (Lipinski definition) is 1. The van der Waals surface area contributed by atoms with Gasteiger partial charge in [-0.2, -0.15) is 0 Å². The molecule has 0 radical (unpaired) electrons. The Bertz CT molecular complexity index is 1110. The summed E-state index contributed by atoms with van der Waals surface area (Å²) in [6.07, 6.45) is 1.62. The first-order valence-corrected chi connectivity index (χ1v) is 11.4. The van der Waals surface area contributed by atoms with Crippen molar-refractivity contribution in [1.82, 2.24) is 10.3 Å². The lowest BCUT2D eigenvalue weighted by Gasteiger charge is -2.24. The first-order valence-electron chi connectivity index (χ1n) is 9.58. The molecule has 3 rings (SSSR count). The maximum Gasteiger partial charge on any atom is 0.264 e. The van der Waals surface area contributed by atoms with E-state index >= 15 is 0 Å². The van der Waals surface area contributed by atoms with Crippen LogP contribution in [0.2, 0.25) is 5.02 Å². The summed E-state index contributed by atoms with van der Waals surface area (Å²) in [5, 5.41) is 3.13. The zero-order valence-electron chi connectivity index (χ0n) is 16.9. The van der Waals surface area contributed by atoms with E-state index in [1.165, 1.54) is 24.3 Å². The number of nitrogens with zero attached hydrogens (tertiary/aromatic N) is 2. The van der Waals surface area contributed by atoms with Gasteiger partial charge in [0.05, 0.1) is 29.4 Å². The van der Waals surface area contributed by atoms with Crippen molar-refractivity contribution in [2.24, 2.45) is 0 Å². The number of hydrogen-bond acceptors (Lipinski definition) is 5. The zero-order valence-corrected chi connectivity index (χ0v) is 18.4. The molecule has 0 fully saturated rings. The topological polar surface area (TPSA) is 88.6 Å². The van der Waals surface area contributed by atoms with Crippen LogP contribution < -0.4 is 14.4 Å². The molecule has 7 nitrogen and oxygen atoms in total. The van der Waals surface area contributed by atoms with Gasteiger partial charge in [-0.15, -0.1) is 0 Å². The third-order valence-corrected chi connectivity index (χ3v) is 6.36. The summed E-state index contributed by atoms with van der Waals surface area (Å²) in [5.41, 5.74) is 1.01. The lowest BCUT2D eigenvalue weighted by Crippen LogP contribution is -2.40. The van der Waals surface area contributed by atoms with E-state index < -0.39 is 22.5 Å². The second kappa shape index (κ2) is 10.3. The van der Waals surface area contributed by atoms with E-state index in [0.717, 1.165) is 4.31 Å². The number of benzene rings is 2. The number of anilines is 1. The van der Waals surface area contributed by atoms with Crippen molar-refractivity contribution in [3.63, 3.8) is 0 Å². The smallest absolute Gasteiger partial charge is 0.264 e. The van der Waals surface area contributed by atoms with Crippen molar-refractivity contribution < 1.29 is 17.9 Å². The van der Waals surface area contributed by atoms with Gasteiger partial charge < -0.3 is 10.1 Å². The molecule has 1 N–H and O–H groups in total. The average Bonchev–Trinajstić information content (AvgIpc) is 2.78. The number of pyridine rings is 1. The fourth-order valence-electron chi connectivity index (χ4n) is 2.80. The predicted molar refractivity (Wildman–Crippen MR) is 120 cm³/mol. The molecule has 0 aliphatic rings. The van der Waals surface area contributed by atoms with Crippen LogP contribution in [0.1, 0.15) is 12.6 Å². The number of rotatable bonds is 9. The van der Waals surface area contributed by atoms with Gasteiger partial charge in [-0.25, -0.2) is 8.42 Å². The van der Waals surface area contributed by atoms with Gasteiger partial charge in [0.2, 0.25) is 5.91 Å². The normalized spacial score (nSPS) is 11.0. The molecule has 3 aromatic rings. The molecular weight excluding hydrogens is 438 g/mol. The summed E-state index contributed by atoms with van der Waals surface area (Å²) in [6.45, 7) is 2.14. The van der Waals surface area contributed by atoms with Crippen molar-refractivity contribution in [3.05, 3.63) is 83.6 Å². The van der Waals surface area contributed by atoms with Gasteiger partial charge in [0.15, 0.2) is 0 Å². The molecule has 9 heteroatoms. The van der Waals surface area contributed by atoms with E-state index in [2.05, 4.69) is 10.3 Å². The molecule has 0 spiro atoms. The minimum atomic E-state index is -4.02. The second-order valence-corrected chi connectivity index (χ2v) is 8.79. The van der Waals surface area contributed by atoms with E-state index in [1.807, 2.05) is 13.0 Å². The van der Waals surface area contributed by atoms with Gasteiger partial charge in [-0.05, 0) is 67.6 Å². The number of aromatic nitrogens is 1. The highest BCUT2D eigenvalue weighted by molar-refractivity contribution is 7.92. The number of halogens is 1. The molecule has 31 heavy (non-hydrogen) atoms. The van der Waals surface area contributed by atoms with Crippen molar-refractivity contribution in [2.45, 2.75) is 18.4 Å². The lowest BCUT2D eigenvalue weighted by atomic mass is 10.3. The molecule has 0 saturated heterocycles. The Balaban J connectivity index is 1.86. The summed E-state index contributed by atoms with van der Waals surface area (Å²) >= 11 is 5.90. The summed E-state index contributed by atoms with van der Waals surface area (Å²) in [6, 6.07) is 17.7. The molecule has 0 saturated carbocycles. The molecule has 0 aliphatic heterocycles. The van der Waals surface area contributed by atoms with Crippen LogP contribution in [0.5, 0.6) is 5.75 Å². The van der Waals surface area contributed by atoms with Gasteiger partial charge in [0.25, 0.3) is 10.0 Å². The highest BCUT2D eigenvalue weighted by Gasteiger charge is 2.27. The van der Waals surface area contributed by atoms with E-state index in [1.54, 1.807) is 42.6 Å². The summed E-state index contributed by atoms with van der Waals surface area (Å²) < 4.78 is 33.1. The van der Waals surface area contributed by atoms with Crippen molar-refractivity contribution in [1.29, 1.82) is 0 Å². The van der Waals surface area contributed by atoms with E-state index in [9.17, 15) is 13.2 Å². The van der Waals surface area contributed by atoms with Crippen LogP contribution in [0.25, 0.3) is 0 Å². The van der Waals surface area contributed by atoms with Crippen molar-refractivity contribution >= 4 is 33.2 Å². The van der Waals surface area contributed by atoms with Crippen LogP contribution in [-0.4, -0.2) is 32.5 Å². The Morgan fingerprint density at radius 3 is 2.39 bits per heavy atom. The molecule has 2 aromatic carbocycles. The second-order valence-electron chi connectivity index (χ2n) is 6.49. The molecule has 162 valence electrons. The number of sulfonamides is 1. The third-order valence-electron chi connectivity index (χ3n) is 4.32. The Hall–Kier alpha value is -3.10. The average molecular weight is 460 g/mol. The third kappa shape index (κ3) is 5.96.